The second-order valence-corrected chi connectivity index (χ2v) is 7.35. The van der Waals surface area contributed by atoms with E-state index in [1.54, 1.807) is 32.6 Å². The monoisotopic (exact) mass is 367 g/mol. The van der Waals surface area contributed by atoms with Gasteiger partial charge in [0.15, 0.2) is 0 Å². The van der Waals surface area contributed by atoms with Crippen molar-refractivity contribution in [1.29, 1.82) is 0 Å². The van der Waals surface area contributed by atoms with Gasteiger partial charge in [-0.1, -0.05) is 0 Å². The topological polar surface area (TPSA) is 85.1 Å². The van der Waals surface area contributed by atoms with Gasteiger partial charge in [0.1, 0.15) is 17.2 Å². The molecule has 0 spiro atoms. The molecule has 0 unspecified atom stereocenters. The molecule has 1 aliphatic heterocycles. The lowest BCUT2D eigenvalue weighted by Gasteiger charge is -2.40. The Hall–Kier alpha value is -2.51. The number of carbonyl (C=O) groups excluding carboxylic acids is 2. The van der Waals surface area contributed by atoms with E-state index in [4.69, 9.17) is 15.2 Å². The first-order chi connectivity index (χ1) is 12.0. The number of nitrogen functional groups attached to an aromatic ring is 1. The minimum atomic E-state index is -0.699. The Labute approximate surface area is 152 Å². The Morgan fingerprint density at radius 2 is 1.92 bits per heavy atom. The first-order valence-electron chi connectivity index (χ1n) is 8.45. The van der Waals surface area contributed by atoms with E-state index in [9.17, 15) is 14.0 Å². The average molecular weight is 367 g/mol. The van der Waals surface area contributed by atoms with E-state index in [0.717, 1.165) is 6.07 Å². The van der Waals surface area contributed by atoms with E-state index in [1.807, 2.05) is 0 Å². The van der Waals surface area contributed by atoms with Gasteiger partial charge in [-0.3, -0.25) is 4.79 Å². The lowest BCUT2D eigenvalue weighted by atomic mass is 10.1. The molecule has 0 aromatic heterocycles. The molecule has 0 aliphatic carbocycles. The predicted octanol–water partition coefficient (Wildman–Crippen LogP) is 2.50. The number of amides is 2. The maximum atomic E-state index is 14.2. The Balaban J connectivity index is 2.12. The Morgan fingerprint density at radius 3 is 2.46 bits per heavy atom. The molecule has 2 N–H and O–H groups in total. The standard InChI is InChI=1S/C18H26FN3O4/c1-11-10-21(17(24)26-18(2,3)4)6-7-22(11)16(23)12-8-15(25-5)14(20)9-13(12)19/h8-9,11H,6-7,10,20H2,1-5H3/t11-/m1/s1. The Morgan fingerprint density at radius 1 is 1.27 bits per heavy atom. The van der Waals surface area contributed by atoms with Gasteiger partial charge >= 0.3 is 6.09 Å². The van der Waals surface area contributed by atoms with Crippen LogP contribution in [0.25, 0.3) is 0 Å². The Bertz CT molecular complexity index is 702. The van der Waals surface area contributed by atoms with Gasteiger partial charge in [-0.15, -0.1) is 0 Å². The molecule has 1 atom stereocenters. The van der Waals surface area contributed by atoms with Gasteiger partial charge < -0.3 is 25.0 Å². The van der Waals surface area contributed by atoms with Crippen molar-refractivity contribution in [3.05, 3.63) is 23.5 Å². The summed E-state index contributed by atoms with van der Waals surface area (Å²) >= 11 is 0. The lowest BCUT2D eigenvalue weighted by molar-refractivity contribution is 0.00607. The van der Waals surface area contributed by atoms with E-state index in [0.29, 0.717) is 13.1 Å². The van der Waals surface area contributed by atoms with Crippen molar-refractivity contribution in [1.82, 2.24) is 9.80 Å². The highest BCUT2D eigenvalue weighted by Crippen LogP contribution is 2.27. The number of rotatable bonds is 2. The maximum Gasteiger partial charge on any atom is 0.410 e. The normalized spacial score (nSPS) is 17.8. The van der Waals surface area contributed by atoms with Crippen LogP contribution in [0.4, 0.5) is 14.9 Å². The van der Waals surface area contributed by atoms with Gasteiger partial charge in [0.2, 0.25) is 0 Å². The van der Waals surface area contributed by atoms with Gasteiger partial charge in [-0.2, -0.15) is 0 Å². The second-order valence-electron chi connectivity index (χ2n) is 7.35. The van der Waals surface area contributed by atoms with Crippen LogP contribution < -0.4 is 10.5 Å². The fraction of sp³-hybridized carbons (Fsp3) is 0.556. The Kier molecular flexibility index (Phi) is 5.63. The van der Waals surface area contributed by atoms with Crippen molar-refractivity contribution < 1.29 is 23.5 Å². The minimum Gasteiger partial charge on any atom is -0.495 e. The zero-order valence-electron chi connectivity index (χ0n) is 15.8. The quantitative estimate of drug-likeness (QED) is 0.812. The number of halogens is 1. The number of piperazine rings is 1. The summed E-state index contributed by atoms with van der Waals surface area (Å²) in [7, 11) is 1.40. The summed E-state index contributed by atoms with van der Waals surface area (Å²) in [5.74, 6) is -0.915. The van der Waals surface area contributed by atoms with Crippen LogP contribution in [-0.2, 0) is 4.74 Å². The van der Waals surface area contributed by atoms with Crippen LogP contribution in [0.15, 0.2) is 12.1 Å². The summed E-state index contributed by atoms with van der Waals surface area (Å²) < 4.78 is 24.7. The molecule has 1 aromatic rings. The van der Waals surface area contributed by atoms with Crippen LogP contribution in [0.1, 0.15) is 38.1 Å². The fourth-order valence-electron chi connectivity index (χ4n) is 2.82. The number of nitrogens with two attached hydrogens (primary N) is 1. The first-order valence-corrected chi connectivity index (χ1v) is 8.45. The number of carbonyl (C=O) groups is 2. The molecular formula is C18H26FN3O4. The second kappa shape index (κ2) is 7.39. The highest BCUT2D eigenvalue weighted by atomic mass is 19.1. The van der Waals surface area contributed by atoms with Crippen molar-refractivity contribution in [2.24, 2.45) is 0 Å². The highest BCUT2D eigenvalue weighted by Gasteiger charge is 2.33. The third-order valence-electron chi connectivity index (χ3n) is 4.09. The first kappa shape index (κ1) is 19.8. The fourth-order valence-corrected chi connectivity index (χ4v) is 2.82. The lowest BCUT2D eigenvalue weighted by Crippen LogP contribution is -2.56. The molecule has 2 amide bonds. The number of hydrogen-bond acceptors (Lipinski definition) is 5. The van der Waals surface area contributed by atoms with Crippen molar-refractivity contribution >= 4 is 17.7 Å². The molecule has 8 heteroatoms. The number of benzene rings is 1. The summed E-state index contributed by atoms with van der Waals surface area (Å²) in [6.45, 7) is 8.11. The average Bonchev–Trinajstić information content (AvgIpc) is 2.52. The largest absolute Gasteiger partial charge is 0.495 e. The molecule has 1 fully saturated rings. The number of anilines is 1. The third kappa shape index (κ3) is 4.36. The SMILES string of the molecule is COc1cc(C(=O)N2CCN(C(=O)OC(C)(C)C)C[C@H]2C)c(F)cc1N. The number of ether oxygens (including phenoxy) is 2. The van der Waals surface area contributed by atoms with Crippen LogP contribution >= 0.6 is 0 Å². The molecule has 0 saturated carbocycles. The summed E-state index contributed by atoms with van der Waals surface area (Å²) in [6.07, 6.45) is -0.420. The number of hydrogen-bond donors (Lipinski definition) is 1. The maximum absolute atomic E-state index is 14.2. The van der Waals surface area contributed by atoms with Crippen LogP contribution in [0.3, 0.4) is 0 Å². The molecule has 1 heterocycles. The molecule has 2 rings (SSSR count). The van der Waals surface area contributed by atoms with Gasteiger partial charge in [0.25, 0.3) is 5.91 Å². The molecule has 7 nitrogen and oxygen atoms in total. The zero-order valence-corrected chi connectivity index (χ0v) is 15.8. The van der Waals surface area contributed by atoms with Gasteiger partial charge in [-0.05, 0) is 33.8 Å². The van der Waals surface area contributed by atoms with E-state index in [-0.39, 0.29) is 29.6 Å². The van der Waals surface area contributed by atoms with Crippen molar-refractivity contribution in [3.63, 3.8) is 0 Å². The van der Waals surface area contributed by atoms with Crippen LogP contribution in [0.5, 0.6) is 5.75 Å². The molecule has 1 aliphatic rings. The predicted molar refractivity (Wildman–Crippen MR) is 95.7 cm³/mol. The highest BCUT2D eigenvalue weighted by molar-refractivity contribution is 5.96. The van der Waals surface area contributed by atoms with Gasteiger partial charge in [0.05, 0.1) is 18.4 Å². The van der Waals surface area contributed by atoms with Crippen molar-refractivity contribution in [2.45, 2.75) is 39.3 Å². The zero-order chi connectivity index (χ0) is 19.6. The van der Waals surface area contributed by atoms with Crippen LogP contribution in [-0.4, -0.2) is 60.2 Å². The van der Waals surface area contributed by atoms with E-state index in [1.165, 1.54) is 18.1 Å². The van der Waals surface area contributed by atoms with Crippen molar-refractivity contribution in [3.8, 4) is 5.75 Å². The summed E-state index contributed by atoms with van der Waals surface area (Å²) in [5.41, 5.74) is 5.10. The number of methoxy groups -OCH3 is 1. The molecule has 0 radical (unpaired) electrons. The number of nitrogens with zero attached hydrogens (tertiary/aromatic N) is 2. The van der Waals surface area contributed by atoms with Crippen LogP contribution in [0.2, 0.25) is 0 Å². The van der Waals surface area contributed by atoms with Crippen molar-refractivity contribution in [2.75, 3.05) is 32.5 Å². The van der Waals surface area contributed by atoms with Gasteiger partial charge in [-0.25, -0.2) is 9.18 Å². The summed E-state index contributed by atoms with van der Waals surface area (Å²) in [5, 5.41) is 0. The minimum absolute atomic E-state index is 0.103. The molecule has 0 bridgehead atoms. The molecule has 1 saturated heterocycles. The van der Waals surface area contributed by atoms with Crippen LogP contribution in [0, 0.1) is 5.82 Å². The van der Waals surface area contributed by atoms with E-state index >= 15 is 0 Å². The molecular weight excluding hydrogens is 341 g/mol. The van der Waals surface area contributed by atoms with Gasteiger partial charge in [0, 0.05) is 31.7 Å². The van der Waals surface area contributed by atoms with E-state index < -0.39 is 23.4 Å². The smallest absolute Gasteiger partial charge is 0.410 e. The third-order valence-corrected chi connectivity index (χ3v) is 4.09. The molecule has 144 valence electrons. The molecule has 26 heavy (non-hydrogen) atoms. The molecule has 1 aromatic carbocycles. The summed E-state index contributed by atoms with van der Waals surface area (Å²) in [6, 6.07) is 2.10. The summed E-state index contributed by atoms with van der Waals surface area (Å²) in [4.78, 5) is 28.1. The van der Waals surface area contributed by atoms with E-state index in [2.05, 4.69) is 0 Å².